The predicted octanol–water partition coefficient (Wildman–Crippen LogP) is 2.90. The number of rotatable bonds is 10. The average molecular weight is 810 g/mol. The van der Waals surface area contributed by atoms with Gasteiger partial charge < -0.3 is 29.7 Å². The molecule has 4 aromatic rings. The number of amides is 5. The predicted molar refractivity (Wildman–Crippen MR) is 218 cm³/mol. The molecule has 16 nitrogen and oxygen atoms in total. The fraction of sp³-hybridized carbons (Fsp3) is 0.390. The zero-order chi connectivity index (χ0) is 40.7. The van der Waals surface area contributed by atoms with E-state index in [1.54, 1.807) is 25.2 Å². The summed E-state index contributed by atoms with van der Waals surface area (Å²) >= 11 is 6.61. The number of aryl methyl sites for hydroxylation is 1. The summed E-state index contributed by atoms with van der Waals surface area (Å²) in [5, 5.41) is 9.27. The lowest BCUT2D eigenvalue weighted by molar-refractivity contribution is -0.136. The highest BCUT2D eigenvalue weighted by atomic mass is 35.5. The largest absolute Gasteiger partial charge is 0.478 e. The molecule has 1 unspecified atom stereocenters. The van der Waals surface area contributed by atoms with Crippen molar-refractivity contribution in [3.8, 4) is 5.75 Å². The van der Waals surface area contributed by atoms with E-state index in [1.807, 2.05) is 36.4 Å². The highest BCUT2D eigenvalue weighted by Crippen LogP contribution is 2.33. The Morgan fingerprint density at radius 1 is 0.879 bits per heavy atom. The SMILES string of the molecule is CNC(=O)COc1cc2cc(Nc3nc(N4CCC(CN5CCN(c6ccc7c(c6)C(=O)N(C6CCC(=O)NC6=O)C7=O)CC5)CC4)ccc3Cl)ccc2n(C)c1=O. The van der Waals surface area contributed by atoms with Crippen LogP contribution in [0.25, 0.3) is 10.9 Å². The molecule has 3 N–H and O–H groups in total. The summed E-state index contributed by atoms with van der Waals surface area (Å²) in [6, 6.07) is 15.3. The molecule has 58 heavy (non-hydrogen) atoms. The Morgan fingerprint density at radius 2 is 1.64 bits per heavy atom. The molecule has 2 aromatic heterocycles. The molecule has 0 radical (unpaired) electrons. The van der Waals surface area contributed by atoms with Crippen LogP contribution in [0.15, 0.2) is 59.4 Å². The molecule has 302 valence electrons. The molecule has 3 saturated heterocycles. The first-order valence-electron chi connectivity index (χ1n) is 19.5. The van der Waals surface area contributed by atoms with Crippen molar-refractivity contribution in [2.75, 3.05) is 74.6 Å². The third kappa shape index (κ3) is 7.68. The summed E-state index contributed by atoms with van der Waals surface area (Å²) in [5.74, 6) is -0.378. The Hall–Kier alpha value is -6.00. The molecule has 0 saturated carbocycles. The molecule has 4 aliphatic heterocycles. The van der Waals surface area contributed by atoms with Gasteiger partial charge in [0.05, 0.1) is 21.7 Å². The van der Waals surface area contributed by atoms with Crippen LogP contribution in [0.2, 0.25) is 5.02 Å². The first kappa shape index (κ1) is 38.9. The highest BCUT2D eigenvalue weighted by molar-refractivity contribution is 6.33. The van der Waals surface area contributed by atoms with Crippen LogP contribution in [0.3, 0.4) is 0 Å². The standard InChI is InChI=1S/C41H44ClN9O7/c1-43-36(53)23-58-33-20-25-19-26(3-7-31(25)47(2)41(33)57)44-37-30(42)6-9-34(45-37)50-13-11-24(12-14-50)22-48-15-17-49(18-16-48)27-4-5-28-29(21-27)40(56)51(39(28)55)32-8-10-35(52)46-38(32)54/h3-7,9,19-21,24,32H,8,10-18,22-23H2,1-2H3,(H,43,53)(H,44,45)(H,46,52,54). The lowest BCUT2D eigenvalue weighted by Crippen LogP contribution is -2.54. The van der Waals surface area contributed by atoms with E-state index in [0.717, 1.165) is 86.1 Å². The number of piperidine rings is 2. The number of imide groups is 2. The number of hydrogen-bond acceptors (Lipinski definition) is 12. The summed E-state index contributed by atoms with van der Waals surface area (Å²) < 4.78 is 6.99. The van der Waals surface area contributed by atoms with Crippen molar-refractivity contribution in [3.63, 3.8) is 0 Å². The van der Waals surface area contributed by atoms with Crippen LogP contribution in [0.1, 0.15) is 46.4 Å². The van der Waals surface area contributed by atoms with Gasteiger partial charge in [0, 0.05) is 83.1 Å². The first-order chi connectivity index (χ1) is 28.0. The number of pyridine rings is 2. The molecule has 6 heterocycles. The Balaban J connectivity index is 0.842. The van der Waals surface area contributed by atoms with Crippen molar-refractivity contribution < 1.29 is 28.7 Å². The second-order valence-electron chi connectivity index (χ2n) is 15.1. The van der Waals surface area contributed by atoms with Gasteiger partial charge in [0.2, 0.25) is 11.8 Å². The minimum Gasteiger partial charge on any atom is -0.478 e. The van der Waals surface area contributed by atoms with Gasteiger partial charge in [-0.1, -0.05) is 11.6 Å². The van der Waals surface area contributed by atoms with E-state index in [0.29, 0.717) is 27.8 Å². The molecule has 8 rings (SSSR count). The van der Waals surface area contributed by atoms with E-state index >= 15 is 0 Å². The lowest BCUT2D eigenvalue weighted by Gasteiger charge is -2.40. The van der Waals surface area contributed by atoms with Crippen molar-refractivity contribution in [1.82, 2.24) is 30.0 Å². The van der Waals surface area contributed by atoms with Gasteiger partial charge in [0.25, 0.3) is 23.3 Å². The maximum atomic E-state index is 13.3. The van der Waals surface area contributed by atoms with Crippen molar-refractivity contribution in [1.29, 1.82) is 0 Å². The Kier molecular flexibility index (Phi) is 10.8. The third-order valence-corrected chi connectivity index (χ3v) is 11.8. The second-order valence-corrected chi connectivity index (χ2v) is 15.5. The topological polar surface area (TPSA) is 179 Å². The number of anilines is 4. The maximum Gasteiger partial charge on any atom is 0.293 e. The molecule has 0 aliphatic carbocycles. The number of likely N-dealkylation sites (N-methyl/N-ethyl adjacent to an activating group) is 1. The summed E-state index contributed by atoms with van der Waals surface area (Å²) in [6.45, 7) is 5.75. The molecule has 3 fully saturated rings. The molecule has 4 aliphatic rings. The van der Waals surface area contributed by atoms with Gasteiger partial charge in [0.1, 0.15) is 11.9 Å². The van der Waals surface area contributed by atoms with E-state index < -0.39 is 29.7 Å². The van der Waals surface area contributed by atoms with Crippen LogP contribution in [0.4, 0.5) is 23.0 Å². The van der Waals surface area contributed by atoms with Crippen LogP contribution >= 0.6 is 11.6 Å². The van der Waals surface area contributed by atoms with Crippen molar-refractivity contribution in [2.45, 2.75) is 31.7 Å². The van der Waals surface area contributed by atoms with Gasteiger partial charge in [0.15, 0.2) is 18.2 Å². The fourth-order valence-corrected chi connectivity index (χ4v) is 8.39. The molecular formula is C41H44ClN9O7. The first-order valence-corrected chi connectivity index (χ1v) is 19.8. The molecule has 0 bridgehead atoms. The monoisotopic (exact) mass is 809 g/mol. The molecule has 5 amide bonds. The summed E-state index contributed by atoms with van der Waals surface area (Å²) in [4.78, 5) is 87.9. The average Bonchev–Trinajstić information content (AvgIpc) is 3.47. The second kappa shape index (κ2) is 16.1. The maximum absolute atomic E-state index is 13.3. The Labute approximate surface area is 339 Å². The van der Waals surface area contributed by atoms with Crippen molar-refractivity contribution >= 4 is 75.1 Å². The number of ether oxygens (including phenoxy) is 1. The number of nitrogens with one attached hydrogen (secondary N) is 3. The van der Waals surface area contributed by atoms with Crippen LogP contribution in [0, 0.1) is 5.92 Å². The molecule has 1 atom stereocenters. The van der Waals surface area contributed by atoms with E-state index in [1.165, 1.54) is 11.6 Å². The Bertz CT molecular complexity index is 2390. The van der Waals surface area contributed by atoms with E-state index in [4.69, 9.17) is 21.3 Å². The van der Waals surface area contributed by atoms with Crippen LogP contribution < -0.4 is 36.0 Å². The number of aromatic nitrogens is 2. The van der Waals surface area contributed by atoms with Gasteiger partial charge >= 0.3 is 0 Å². The number of hydrogen-bond donors (Lipinski definition) is 3. The number of carbonyl (C=O) groups is 5. The number of benzene rings is 2. The number of halogens is 1. The van der Waals surface area contributed by atoms with Crippen LogP contribution in [-0.4, -0.2) is 114 Å². The molecule has 2 aromatic carbocycles. The molecule has 17 heteroatoms. The van der Waals surface area contributed by atoms with Gasteiger partial charge in [-0.3, -0.25) is 43.9 Å². The number of nitrogens with zero attached hydrogens (tertiary/aromatic N) is 6. The summed E-state index contributed by atoms with van der Waals surface area (Å²) in [6.07, 6.45) is 2.25. The van der Waals surface area contributed by atoms with Crippen molar-refractivity contribution in [2.24, 2.45) is 13.0 Å². The quantitative estimate of drug-likeness (QED) is 0.200. The molecule has 0 spiro atoms. The fourth-order valence-electron chi connectivity index (χ4n) is 8.24. The van der Waals surface area contributed by atoms with Crippen molar-refractivity contribution in [3.05, 3.63) is 81.1 Å². The summed E-state index contributed by atoms with van der Waals surface area (Å²) in [5.41, 5.74) is 2.54. The van der Waals surface area contributed by atoms with Gasteiger partial charge in [-0.05, 0) is 79.8 Å². The highest BCUT2D eigenvalue weighted by Gasteiger charge is 2.45. The number of fused-ring (bicyclic) bond motifs is 2. The zero-order valence-corrected chi connectivity index (χ0v) is 33.0. The zero-order valence-electron chi connectivity index (χ0n) is 32.3. The van der Waals surface area contributed by atoms with Crippen LogP contribution in [0.5, 0.6) is 5.75 Å². The minimum absolute atomic E-state index is 0.0794. The number of carbonyl (C=O) groups excluding carboxylic acids is 5. The summed E-state index contributed by atoms with van der Waals surface area (Å²) in [7, 11) is 3.16. The Morgan fingerprint density at radius 3 is 2.38 bits per heavy atom. The van der Waals surface area contributed by atoms with Gasteiger partial charge in [-0.25, -0.2) is 4.98 Å². The number of piperazine rings is 1. The lowest BCUT2D eigenvalue weighted by atomic mass is 9.96. The van der Waals surface area contributed by atoms with E-state index in [-0.39, 0.29) is 42.2 Å². The van der Waals surface area contributed by atoms with Gasteiger partial charge in [-0.2, -0.15) is 0 Å². The van der Waals surface area contributed by atoms with E-state index in [9.17, 15) is 28.8 Å². The minimum atomic E-state index is -0.983. The smallest absolute Gasteiger partial charge is 0.293 e. The van der Waals surface area contributed by atoms with Gasteiger partial charge in [-0.15, -0.1) is 0 Å². The van der Waals surface area contributed by atoms with Crippen LogP contribution in [-0.2, 0) is 21.4 Å². The normalized spacial score (nSPS) is 19.1. The third-order valence-electron chi connectivity index (χ3n) is 11.5. The molecular weight excluding hydrogens is 766 g/mol. The van der Waals surface area contributed by atoms with E-state index in [2.05, 4.69) is 30.7 Å².